The summed E-state index contributed by atoms with van der Waals surface area (Å²) in [5.74, 6) is 0.790. The van der Waals surface area contributed by atoms with Gasteiger partial charge in [0.1, 0.15) is 0 Å². The smallest absolute Gasteiger partial charge is 0.226 e. The molecule has 2 rings (SSSR count). The van der Waals surface area contributed by atoms with Crippen molar-refractivity contribution in [2.45, 2.75) is 39.7 Å². The van der Waals surface area contributed by atoms with E-state index in [0.717, 1.165) is 45.4 Å². The number of nitrogens with two attached hydrogens (primary N) is 1. The molecule has 2 N–H and O–H groups in total. The van der Waals surface area contributed by atoms with Gasteiger partial charge in [-0.1, -0.05) is 50.6 Å². The largest absolute Gasteiger partial charge is 0.337 e. The minimum Gasteiger partial charge on any atom is -0.337 e. The number of hydrogen-bond donors (Lipinski definition) is 1. The van der Waals surface area contributed by atoms with Crippen molar-refractivity contribution in [2.24, 2.45) is 17.6 Å². The predicted molar refractivity (Wildman–Crippen MR) is 99.5 cm³/mol. The monoisotopic (exact) mass is 331 g/mol. The molecular weight excluding hydrogens is 298 g/mol. The summed E-state index contributed by atoms with van der Waals surface area (Å²) in [6.07, 6.45) is 3.23. The van der Waals surface area contributed by atoms with Gasteiger partial charge in [0.25, 0.3) is 0 Å². The van der Waals surface area contributed by atoms with E-state index in [4.69, 9.17) is 5.73 Å². The number of carbonyl (C=O) groups is 1. The van der Waals surface area contributed by atoms with Gasteiger partial charge in [-0.05, 0) is 44.0 Å². The molecule has 4 nitrogen and oxygen atoms in total. The highest BCUT2D eigenvalue weighted by Crippen LogP contribution is 2.32. The molecule has 0 saturated heterocycles. The Morgan fingerprint density at radius 1 is 1.12 bits per heavy atom. The van der Waals surface area contributed by atoms with Crippen LogP contribution < -0.4 is 5.73 Å². The number of likely N-dealkylation sites (N-methyl/N-ethyl adjacent to an activating group) is 1. The molecule has 1 aromatic carbocycles. The van der Waals surface area contributed by atoms with Crippen molar-refractivity contribution in [3.8, 4) is 0 Å². The molecule has 0 bridgehead atoms. The molecule has 0 spiro atoms. The molecule has 1 aliphatic carbocycles. The molecule has 2 atom stereocenters. The second kappa shape index (κ2) is 9.80. The molecule has 1 aliphatic rings. The van der Waals surface area contributed by atoms with E-state index in [0.29, 0.717) is 24.9 Å². The number of benzene rings is 1. The zero-order chi connectivity index (χ0) is 17.4. The normalized spacial score (nSPS) is 20.5. The van der Waals surface area contributed by atoms with Gasteiger partial charge in [0.05, 0.1) is 0 Å². The van der Waals surface area contributed by atoms with Crippen molar-refractivity contribution in [3.05, 3.63) is 35.9 Å². The van der Waals surface area contributed by atoms with Crippen LogP contribution in [0.4, 0.5) is 0 Å². The van der Waals surface area contributed by atoms with Gasteiger partial charge >= 0.3 is 0 Å². The van der Waals surface area contributed by atoms with E-state index in [9.17, 15) is 4.79 Å². The lowest BCUT2D eigenvalue weighted by Crippen LogP contribution is -2.42. The highest BCUT2D eigenvalue weighted by molar-refractivity contribution is 5.79. The molecule has 0 aliphatic heterocycles. The summed E-state index contributed by atoms with van der Waals surface area (Å²) < 4.78 is 0. The van der Waals surface area contributed by atoms with Crippen molar-refractivity contribution in [1.29, 1.82) is 0 Å². The van der Waals surface area contributed by atoms with E-state index in [2.05, 4.69) is 35.8 Å². The minimum absolute atomic E-state index is 0.121. The second-order valence-electron chi connectivity index (χ2n) is 6.81. The molecule has 0 aromatic heterocycles. The first-order chi connectivity index (χ1) is 11.7. The van der Waals surface area contributed by atoms with Crippen LogP contribution in [0.15, 0.2) is 30.3 Å². The molecule has 134 valence electrons. The van der Waals surface area contributed by atoms with E-state index < -0.39 is 0 Å². The Balaban J connectivity index is 2.07. The summed E-state index contributed by atoms with van der Waals surface area (Å²) in [6, 6.07) is 10.3. The van der Waals surface area contributed by atoms with Crippen molar-refractivity contribution in [3.63, 3.8) is 0 Å². The van der Waals surface area contributed by atoms with E-state index in [1.807, 2.05) is 18.2 Å². The van der Waals surface area contributed by atoms with Crippen LogP contribution in [0.1, 0.15) is 38.7 Å². The highest BCUT2D eigenvalue weighted by Gasteiger charge is 2.34. The summed E-state index contributed by atoms with van der Waals surface area (Å²) in [5.41, 5.74) is 7.10. The zero-order valence-corrected chi connectivity index (χ0v) is 15.3. The van der Waals surface area contributed by atoms with Gasteiger partial charge in [-0.3, -0.25) is 4.79 Å². The lowest BCUT2D eigenvalue weighted by atomic mass is 9.94. The Bertz CT molecular complexity index is 487. The van der Waals surface area contributed by atoms with Crippen molar-refractivity contribution >= 4 is 5.91 Å². The summed E-state index contributed by atoms with van der Waals surface area (Å²) in [7, 11) is 0. The first kappa shape index (κ1) is 18.9. The molecule has 1 amide bonds. The average molecular weight is 332 g/mol. The van der Waals surface area contributed by atoms with Crippen LogP contribution in [0.5, 0.6) is 0 Å². The van der Waals surface area contributed by atoms with E-state index in [1.54, 1.807) is 0 Å². The molecule has 1 saturated carbocycles. The fourth-order valence-electron chi connectivity index (χ4n) is 3.75. The Labute approximate surface area is 147 Å². The Morgan fingerprint density at radius 3 is 2.46 bits per heavy atom. The summed E-state index contributed by atoms with van der Waals surface area (Å²) >= 11 is 0. The van der Waals surface area contributed by atoms with Gasteiger partial charge in [-0.15, -0.1) is 0 Å². The highest BCUT2D eigenvalue weighted by atomic mass is 16.2. The lowest BCUT2D eigenvalue weighted by Gasteiger charge is -2.30. The van der Waals surface area contributed by atoms with Crippen LogP contribution in [-0.4, -0.2) is 48.4 Å². The Hall–Kier alpha value is -1.39. The number of rotatable bonds is 9. The Morgan fingerprint density at radius 2 is 1.83 bits per heavy atom. The molecule has 0 radical (unpaired) electrons. The summed E-state index contributed by atoms with van der Waals surface area (Å²) in [5, 5.41) is 0. The van der Waals surface area contributed by atoms with E-state index >= 15 is 0 Å². The molecule has 4 heteroatoms. The maximum absolute atomic E-state index is 13.2. The summed E-state index contributed by atoms with van der Waals surface area (Å²) in [6.45, 7) is 9.47. The van der Waals surface area contributed by atoms with Gasteiger partial charge < -0.3 is 15.5 Å². The molecule has 1 fully saturated rings. The molecule has 1 aromatic rings. The predicted octanol–water partition coefficient (Wildman–Crippen LogP) is 2.73. The maximum atomic E-state index is 13.2. The van der Waals surface area contributed by atoms with Crippen LogP contribution in [-0.2, 0) is 11.3 Å². The second-order valence-corrected chi connectivity index (χ2v) is 6.81. The third kappa shape index (κ3) is 5.05. The molecule has 0 unspecified atom stereocenters. The molecule has 0 heterocycles. The first-order valence-electron chi connectivity index (χ1n) is 9.44. The zero-order valence-electron chi connectivity index (χ0n) is 15.3. The topological polar surface area (TPSA) is 49.6 Å². The minimum atomic E-state index is 0.121. The summed E-state index contributed by atoms with van der Waals surface area (Å²) in [4.78, 5) is 17.6. The maximum Gasteiger partial charge on any atom is 0.226 e. The molecular formula is C20H33N3O. The van der Waals surface area contributed by atoms with Gasteiger partial charge in [-0.25, -0.2) is 0 Å². The Kier molecular flexibility index (Phi) is 7.73. The fourth-order valence-corrected chi connectivity index (χ4v) is 3.75. The standard InChI is InChI=1S/C20H33N3O/c1-3-22(4-2)13-14-23(16-17-9-6-5-7-10-17)20(24)19-12-8-11-18(19)15-21/h5-7,9-10,18-19H,3-4,8,11-16,21H2,1-2H3/t18-,19-/m1/s1. The average Bonchev–Trinajstić information content (AvgIpc) is 3.10. The van der Waals surface area contributed by atoms with Gasteiger partial charge in [0.15, 0.2) is 0 Å². The van der Waals surface area contributed by atoms with Crippen LogP contribution in [0.3, 0.4) is 0 Å². The molecule has 24 heavy (non-hydrogen) atoms. The number of hydrogen-bond acceptors (Lipinski definition) is 3. The fraction of sp³-hybridized carbons (Fsp3) is 0.650. The van der Waals surface area contributed by atoms with Crippen molar-refractivity contribution in [1.82, 2.24) is 9.80 Å². The third-order valence-corrected chi connectivity index (χ3v) is 5.39. The quantitative estimate of drug-likeness (QED) is 0.757. The SMILES string of the molecule is CCN(CC)CCN(Cc1ccccc1)C(=O)[C@@H]1CCC[C@@H]1CN. The first-order valence-corrected chi connectivity index (χ1v) is 9.44. The van der Waals surface area contributed by atoms with Gasteiger partial charge in [0.2, 0.25) is 5.91 Å². The van der Waals surface area contributed by atoms with Crippen LogP contribution >= 0.6 is 0 Å². The number of amides is 1. The number of nitrogens with zero attached hydrogens (tertiary/aromatic N) is 2. The van der Waals surface area contributed by atoms with Gasteiger partial charge in [0, 0.05) is 25.6 Å². The third-order valence-electron chi connectivity index (χ3n) is 5.39. The number of carbonyl (C=O) groups excluding carboxylic acids is 1. The van der Waals surface area contributed by atoms with Crippen LogP contribution in [0, 0.1) is 11.8 Å². The lowest BCUT2D eigenvalue weighted by molar-refractivity contribution is -0.137. The van der Waals surface area contributed by atoms with Gasteiger partial charge in [-0.2, -0.15) is 0 Å². The van der Waals surface area contributed by atoms with Crippen molar-refractivity contribution < 1.29 is 4.79 Å². The van der Waals surface area contributed by atoms with E-state index in [-0.39, 0.29) is 5.92 Å². The van der Waals surface area contributed by atoms with Crippen LogP contribution in [0.2, 0.25) is 0 Å². The van der Waals surface area contributed by atoms with Crippen molar-refractivity contribution in [2.75, 3.05) is 32.7 Å². The van der Waals surface area contributed by atoms with E-state index in [1.165, 1.54) is 5.56 Å². The van der Waals surface area contributed by atoms with Crippen LogP contribution in [0.25, 0.3) is 0 Å².